The first kappa shape index (κ1) is 20.2. The van der Waals surface area contributed by atoms with E-state index >= 15 is 0 Å². The molecular formula is C15H19N3O9. The predicted octanol–water partition coefficient (Wildman–Crippen LogP) is -0.961. The number of hydrogen-bond donors (Lipinski definition) is 2. The lowest BCUT2D eigenvalue weighted by Crippen LogP contribution is -2.59. The van der Waals surface area contributed by atoms with Gasteiger partial charge in [-0.1, -0.05) is 0 Å². The summed E-state index contributed by atoms with van der Waals surface area (Å²) in [6.45, 7) is 3.20. The Labute approximate surface area is 153 Å². The van der Waals surface area contributed by atoms with E-state index < -0.39 is 48.4 Å². The molecule has 3 N–H and O–H groups in total. The normalized spacial score (nSPS) is 24.6. The van der Waals surface area contributed by atoms with E-state index in [0.717, 1.165) is 20.8 Å². The van der Waals surface area contributed by atoms with Crippen molar-refractivity contribution in [3.05, 3.63) is 12.0 Å². The lowest BCUT2D eigenvalue weighted by molar-refractivity contribution is -0.260. The molecule has 2 heterocycles. The lowest BCUT2D eigenvalue weighted by atomic mass is 10.0. The Bertz CT molecular complexity index is 732. The van der Waals surface area contributed by atoms with Crippen molar-refractivity contribution >= 4 is 23.8 Å². The number of hydrogen-bond acceptors (Lipinski definition) is 10. The van der Waals surface area contributed by atoms with Crippen LogP contribution in [0.1, 0.15) is 31.3 Å². The molecule has 148 valence electrons. The van der Waals surface area contributed by atoms with Crippen LogP contribution in [0.25, 0.3) is 0 Å². The number of rotatable bonds is 6. The maximum atomic E-state index is 11.5. The van der Waals surface area contributed by atoms with Gasteiger partial charge in [0.15, 0.2) is 17.9 Å². The number of esters is 3. The number of aromatic nitrogens is 2. The molecule has 1 aromatic rings. The highest BCUT2D eigenvalue weighted by Crippen LogP contribution is 2.27. The fraction of sp³-hybridized carbons (Fsp3) is 0.533. The molecule has 1 amide bonds. The van der Waals surface area contributed by atoms with Gasteiger partial charge in [0.25, 0.3) is 5.91 Å². The third-order valence-electron chi connectivity index (χ3n) is 3.38. The lowest BCUT2D eigenvalue weighted by Gasteiger charge is -2.39. The number of carbonyl (C=O) groups is 4. The Kier molecular flexibility index (Phi) is 6.34. The summed E-state index contributed by atoms with van der Waals surface area (Å²) >= 11 is 0. The van der Waals surface area contributed by atoms with Crippen LogP contribution in [0.4, 0.5) is 0 Å². The second-order valence-electron chi connectivity index (χ2n) is 5.56. The zero-order chi connectivity index (χ0) is 20.1. The molecule has 0 aromatic carbocycles. The minimum absolute atomic E-state index is 0.133. The summed E-state index contributed by atoms with van der Waals surface area (Å²) in [5, 5.41) is 0. The van der Waals surface area contributed by atoms with Crippen molar-refractivity contribution in [2.75, 3.05) is 6.61 Å². The number of nitrogens with two attached hydrogens (primary N) is 1. The number of carbonyl (C=O) groups excluding carboxylic acids is 4. The Morgan fingerprint density at radius 2 is 1.67 bits per heavy atom. The molecule has 27 heavy (non-hydrogen) atoms. The summed E-state index contributed by atoms with van der Waals surface area (Å²) in [5.41, 5.74) is 5.07. The van der Waals surface area contributed by atoms with Crippen LogP contribution in [0.3, 0.4) is 0 Å². The Balaban J connectivity index is 2.31. The average molecular weight is 385 g/mol. The number of H-pyrrole nitrogens is 1. The molecule has 1 aliphatic heterocycles. The van der Waals surface area contributed by atoms with Gasteiger partial charge in [-0.15, -0.1) is 0 Å². The number of aromatic amines is 1. The van der Waals surface area contributed by atoms with Gasteiger partial charge in [0.2, 0.25) is 18.3 Å². The van der Waals surface area contributed by atoms with Gasteiger partial charge in [0.05, 0.1) is 12.9 Å². The number of amides is 1. The molecule has 0 unspecified atom stereocenters. The zero-order valence-corrected chi connectivity index (χ0v) is 14.8. The number of primary amides is 1. The first-order valence-corrected chi connectivity index (χ1v) is 7.82. The molecule has 0 aliphatic carbocycles. The minimum Gasteiger partial charge on any atom is -0.456 e. The fourth-order valence-electron chi connectivity index (χ4n) is 2.47. The third-order valence-corrected chi connectivity index (χ3v) is 3.38. The van der Waals surface area contributed by atoms with Crippen LogP contribution < -0.4 is 10.5 Å². The summed E-state index contributed by atoms with van der Waals surface area (Å²) in [5.74, 6) is -3.11. The highest BCUT2D eigenvalue weighted by Gasteiger charge is 2.48. The van der Waals surface area contributed by atoms with E-state index in [1.807, 2.05) is 0 Å². The van der Waals surface area contributed by atoms with Crippen molar-refractivity contribution in [3.63, 3.8) is 0 Å². The Morgan fingerprint density at radius 1 is 1.07 bits per heavy atom. The van der Waals surface area contributed by atoms with Crippen LogP contribution in [0.5, 0.6) is 5.88 Å². The minimum atomic E-state index is -1.31. The van der Waals surface area contributed by atoms with Crippen molar-refractivity contribution in [2.45, 2.75) is 45.4 Å². The first-order chi connectivity index (χ1) is 12.7. The second kappa shape index (κ2) is 8.49. The Morgan fingerprint density at radius 3 is 2.22 bits per heavy atom. The van der Waals surface area contributed by atoms with Gasteiger partial charge in [-0.25, -0.2) is 4.98 Å². The Hall–Kier alpha value is -3.15. The van der Waals surface area contributed by atoms with Gasteiger partial charge in [-0.05, 0) is 0 Å². The van der Waals surface area contributed by atoms with Crippen molar-refractivity contribution in [1.29, 1.82) is 0 Å². The van der Waals surface area contributed by atoms with Crippen LogP contribution in [-0.2, 0) is 33.3 Å². The highest BCUT2D eigenvalue weighted by atomic mass is 16.7. The molecule has 1 aliphatic rings. The van der Waals surface area contributed by atoms with Crippen LogP contribution >= 0.6 is 0 Å². The second-order valence-corrected chi connectivity index (χ2v) is 5.56. The van der Waals surface area contributed by atoms with E-state index in [-0.39, 0.29) is 18.2 Å². The molecule has 12 heteroatoms. The summed E-state index contributed by atoms with van der Waals surface area (Å²) in [7, 11) is 0. The predicted molar refractivity (Wildman–Crippen MR) is 84.1 cm³/mol. The van der Waals surface area contributed by atoms with Crippen LogP contribution in [0, 0.1) is 0 Å². The number of nitrogens with one attached hydrogen (secondary N) is 1. The SMILES string of the molecule is CC(=O)O[C@@H]1[C@H](Oc2nc[nH]c2C(N)=O)OC[C@@H](OC(C)=O)[C@@H]1OC(C)=O. The largest absolute Gasteiger partial charge is 0.456 e. The quantitative estimate of drug-likeness (QED) is 0.459. The molecule has 2 rings (SSSR count). The molecular weight excluding hydrogens is 366 g/mol. The van der Waals surface area contributed by atoms with Crippen molar-refractivity contribution in [3.8, 4) is 5.88 Å². The summed E-state index contributed by atoms with van der Waals surface area (Å²) < 4.78 is 26.4. The highest BCUT2D eigenvalue weighted by molar-refractivity contribution is 5.93. The van der Waals surface area contributed by atoms with E-state index in [1.165, 1.54) is 6.33 Å². The number of imidazole rings is 1. The standard InChI is InChI=1S/C15H19N3O9/c1-6(19)24-9-4-23-15(27-14-10(13(16)22)17-5-18-14)12(26-8(3)21)11(9)25-7(2)20/h5,9,11-12,15H,4H2,1-3H3,(H2,16,22)(H,17,18)/t9-,11+,12+,15+/m1/s1. The molecule has 0 spiro atoms. The molecule has 1 fully saturated rings. The maximum Gasteiger partial charge on any atom is 0.303 e. The van der Waals surface area contributed by atoms with Gasteiger partial charge < -0.3 is 34.4 Å². The van der Waals surface area contributed by atoms with E-state index in [0.29, 0.717) is 0 Å². The first-order valence-electron chi connectivity index (χ1n) is 7.82. The molecule has 0 bridgehead atoms. The van der Waals surface area contributed by atoms with Gasteiger partial charge in [-0.3, -0.25) is 19.2 Å². The molecule has 0 saturated carbocycles. The van der Waals surface area contributed by atoms with Crippen molar-refractivity contribution in [1.82, 2.24) is 9.97 Å². The summed E-state index contributed by atoms with van der Waals surface area (Å²) in [4.78, 5) is 52.0. The van der Waals surface area contributed by atoms with Gasteiger partial charge >= 0.3 is 17.9 Å². The van der Waals surface area contributed by atoms with E-state index in [1.54, 1.807) is 0 Å². The van der Waals surface area contributed by atoms with Crippen LogP contribution in [0.2, 0.25) is 0 Å². The van der Waals surface area contributed by atoms with Crippen molar-refractivity contribution < 1.29 is 42.9 Å². The summed E-state index contributed by atoms with van der Waals surface area (Å²) in [6, 6.07) is 0. The van der Waals surface area contributed by atoms with Gasteiger partial charge in [-0.2, -0.15) is 0 Å². The van der Waals surface area contributed by atoms with Crippen molar-refractivity contribution in [2.24, 2.45) is 5.73 Å². The van der Waals surface area contributed by atoms with Gasteiger partial charge in [0.1, 0.15) is 0 Å². The molecule has 12 nitrogen and oxygen atoms in total. The topological polar surface area (TPSA) is 169 Å². The third kappa shape index (κ3) is 5.17. The zero-order valence-electron chi connectivity index (χ0n) is 14.8. The molecule has 1 aromatic heterocycles. The fourth-order valence-corrected chi connectivity index (χ4v) is 2.47. The smallest absolute Gasteiger partial charge is 0.303 e. The van der Waals surface area contributed by atoms with E-state index in [4.69, 9.17) is 29.4 Å². The average Bonchev–Trinajstić information content (AvgIpc) is 3.00. The monoisotopic (exact) mass is 385 g/mol. The van der Waals surface area contributed by atoms with E-state index in [9.17, 15) is 19.2 Å². The van der Waals surface area contributed by atoms with Gasteiger partial charge in [0, 0.05) is 20.8 Å². The summed E-state index contributed by atoms with van der Waals surface area (Å²) in [6.07, 6.45) is -3.69. The van der Waals surface area contributed by atoms with E-state index in [2.05, 4.69) is 9.97 Å². The number of nitrogens with zero attached hydrogens (tertiary/aromatic N) is 1. The van der Waals surface area contributed by atoms with Crippen LogP contribution in [0.15, 0.2) is 6.33 Å². The molecule has 1 saturated heterocycles. The maximum absolute atomic E-state index is 11.5. The molecule has 4 atom stereocenters. The van der Waals surface area contributed by atoms with Crippen LogP contribution in [-0.4, -0.2) is 65.0 Å². The molecule has 0 radical (unpaired) electrons. The number of ether oxygens (including phenoxy) is 5.